The molecule has 3 rings (SSSR count). The van der Waals surface area contributed by atoms with Crippen molar-refractivity contribution in [2.75, 3.05) is 6.54 Å². The Morgan fingerprint density at radius 2 is 2.08 bits per heavy atom. The first-order valence-electron chi connectivity index (χ1n) is 8.94. The van der Waals surface area contributed by atoms with E-state index in [4.69, 9.17) is 5.11 Å². The Labute approximate surface area is 148 Å². The van der Waals surface area contributed by atoms with Crippen molar-refractivity contribution < 1.29 is 19.8 Å². The Kier molecular flexibility index (Phi) is 5.23. The molecule has 0 bridgehead atoms. The van der Waals surface area contributed by atoms with Crippen LogP contribution in [0.4, 0.5) is 0 Å². The molecular formula is C20H25NO4. The van der Waals surface area contributed by atoms with Crippen molar-refractivity contribution in [1.82, 2.24) is 4.90 Å². The Hall–Kier alpha value is -2.14. The lowest BCUT2D eigenvalue weighted by Gasteiger charge is -2.41. The minimum atomic E-state index is -0.785. The molecule has 1 amide bonds. The molecule has 2 N–H and O–H groups in total. The maximum Gasteiger partial charge on any atom is 0.303 e. The average Bonchev–Trinajstić information content (AvgIpc) is 2.93. The number of benzene rings is 1. The number of hydrogen-bond acceptors (Lipinski definition) is 3. The molecule has 1 fully saturated rings. The van der Waals surface area contributed by atoms with Crippen LogP contribution >= 0.6 is 0 Å². The first kappa shape index (κ1) is 17.7. The molecule has 0 radical (unpaired) electrons. The van der Waals surface area contributed by atoms with E-state index in [0.717, 1.165) is 29.5 Å². The molecule has 5 heteroatoms. The summed E-state index contributed by atoms with van der Waals surface area (Å²) < 4.78 is 0. The number of aliphatic hydroxyl groups excluding tert-OH is 1. The number of β-lactam (4-membered cyclic amide) rings is 1. The van der Waals surface area contributed by atoms with Gasteiger partial charge in [-0.2, -0.15) is 0 Å². The molecule has 1 unspecified atom stereocenters. The zero-order chi connectivity index (χ0) is 18.0. The van der Waals surface area contributed by atoms with Gasteiger partial charge in [0.15, 0.2) is 0 Å². The second-order valence-electron chi connectivity index (χ2n) is 7.07. The lowest BCUT2D eigenvalue weighted by atomic mass is 9.91. The summed E-state index contributed by atoms with van der Waals surface area (Å²) in [6.07, 6.45) is 4.02. The van der Waals surface area contributed by atoms with Gasteiger partial charge in [0.2, 0.25) is 5.91 Å². The predicted octanol–water partition coefficient (Wildman–Crippen LogP) is 3.14. The normalized spacial score (nSPS) is 21.8. The Morgan fingerprint density at radius 3 is 2.80 bits per heavy atom. The number of fused-ring (bicyclic) bond motifs is 1. The molecule has 25 heavy (non-hydrogen) atoms. The van der Waals surface area contributed by atoms with E-state index in [1.165, 1.54) is 5.56 Å². The molecular weight excluding hydrogens is 318 g/mol. The van der Waals surface area contributed by atoms with Gasteiger partial charge in [-0.15, -0.1) is 0 Å². The number of amides is 1. The lowest BCUT2D eigenvalue weighted by Crippen LogP contribution is -2.46. The second kappa shape index (κ2) is 7.40. The fraction of sp³-hybridized carbons (Fsp3) is 0.500. The molecule has 1 aromatic rings. The van der Waals surface area contributed by atoms with Crippen molar-refractivity contribution in [2.24, 2.45) is 0 Å². The predicted molar refractivity (Wildman–Crippen MR) is 94.0 cm³/mol. The number of carbonyl (C=O) groups is 2. The first-order valence-corrected chi connectivity index (χ1v) is 8.94. The highest BCUT2D eigenvalue weighted by Crippen LogP contribution is 2.38. The summed E-state index contributed by atoms with van der Waals surface area (Å²) in [5, 5.41) is 18.6. The van der Waals surface area contributed by atoms with Gasteiger partial charge in [-0.3, -0.25) is 9.59 Å². The molecule has 0 aromatic heterocycles. The van der Waals surface area contributed by atoms with Gasteiger partial charge >= 0.3 is 5.97 Å². The van der Waals surface area contributed by atoms with Crippen molar-refractivity contribution in [3.8, 4) is 0 Å². The molecule has 0 spiro atoms. The van der Waals surface area contributed by atoms with E-state index >= 15 is 0 Å². The van der Waals surface area contributed by atoms with Crippen molar-refractivity contribution in [2.45, 2.75) is 57.1 Å². The zero-order valence-electron chi connectivity index (χ0n) is 14.4. The van der Waals surface area contributed by atoms with Crippen LogP contribution in [0.3, 0.4) is 0 Å². The van der Waals surface area contributed by atoms with Crippen LogP contribution < -0.4 is 0 Å². The standard InChI is InChI=1S/C20H25NO4/c1-13(3-2-4-20(24)25)9-10-21-17(12-19(21)23)15-5-7-16-14(11-15)6-8-18(16)22/h5,7,11,17-18,22H,1-4,6,8-10,12H2,(H,24,25)/t17-,18?/m1/s1. The van der Waals surface area contributed by atoms with Crippen LogP contribution in [0.25, 0.3) is 0 Å². The Bertz CT molecular complexity index is 697. The average molecular weight is 343 g/mol. The van der Waals surface area contributed by atoms with Gasteiger partial charge < -0.3 is 15.1 Å². The van der Waals surface area contributed by atoms with Gasteiger partial charge in [-0.25, -0.2) is 0 Å². The number of carboxylic acids is 1. The second-order valence-corrected chi connectivity index (χ2v) is 7.07. The largest absolute Gasteiger partial charge is 0.481 e. The zero-order valence-corrected chi connectivity index (χ0v) is 14.4. The van der Waals surface area contributed by atoms with Gasteiger partial charge in [-0.1, -0.05) is 30.4 Å². The van der Waals surface area contributed by atoms with E-state index in [1.807, 2.05) is 17.0 Å². The smallest absolute Gasteiger partial charge is 0.303 e. The SMILES string of the molecule is C=C(CCCC(=O)O)CCN1C(=O)C[C@@H]1c1ccc2c(c1)CCC2O. The summed E-state index contributed by atoms with van der Waals surface area (Å²) in [5.41, 5.74) is 4.36. The molecule has 1 aliphatic heterocycles. The fourth-order valence-corrected chi connectivity index (χ4v) is 3.75. The van der Waals surface area contributed by atoms with Gasteiger partial charge in [0.05, 0.1) is 18.6 Å². The maximum atomic E-state index is 12.0. The maximum absolute atomic E-state index is 12.0. The first-order chi connectivity index (χ1) is 12.0. The minimum Gasteiger partial charge on any atom is -0.481 e. The molecule has 1 heterocycles. The van der Waals surface area contributed by atoms with E-state index in [-0.39, 0.29) is 24.5 Å². The number of aliphatic hydroxyl groups is 1. The third-order valence-electron chi connectivity index (χ3n) is 5.29. The molecule has 134 valence electrons. The Balaban J connectivity index is 1.55. The van der Waals surface area contributed by atoms with Crippen LogP contribution in [0.1, 0.15) is 67.4 Å². The summed E-state index contributed by atoms with van der Waals surface area (Å²) in [7, 11) is 0. The molecule has 1 aliphatic carbocycles. The Morgan fingerprint density at radius 1 is 1.28 bits per heavy atom. The highest BCUT2D eigenvalue weighted by atomic mass is 16.4. The minimum absolute atomic E-state index is 0.113. The molecule has 1 saturated heterocycles. The molecule has 2 atom stereocenters. The summed E-state index contributed by atoms with van der Waals surface area (Å²) in [4.78, 5) is 24.4. The van der Waals surface area contributed by atoms with E-state index in [9.17, 15) is 14.7 Å². The van der Waals surface area contributed by atoms with Crippen LogP contribution in [0, 0.1) is 0 Å². The third kappa shape index (κ3) is 3.93. The molecule has 1 aromatic carbocycles. The van der Waals surface area contributed by atoms with Crippen LogP contribution in [0.5, 0.6) is 0 Å². The van der Waals surface area contributed by atoms with Crippen LogP contribution in [-0.2, 0) is 16.0 Å². The lowest BCUT2D eigenvalue weighted by molar-refractivity contribution is -0.146. The van der Waals surface area contributed by atoms with E-state index in [2.05, 4.69) is 12.6 Å². The third-order valence-corrected chi connectivity index (χ3v) is 5.29. The summed E-state index contributed by atoms with van der Waals surface area (Å²) in [5.74, 6) is -0.628. The van der Waals surface area contributed by atoms with Crippen LogP contribution in [-0.4, -0.2) is 33.5 Å². The van der Waals surface area contributed by atoms with Crippen LogP contribution in [0.15, 0.2) is 30.4 Å². The summed E-state index contributed by atoms with van der Waals surface area (Å²) in [6.45, 7) is 4.64. The van der Waals surface area contributed by atoms with Crippen molar-refractivity contribution >= 4 is 11.9 Å². The number of carboxylic acid groups (broad SMARTS) is 1. The van der Waals surface area contributed by atoms with Gasteiger partial charge in [0.1, 0.15) is 0 Å². The van der Waals surface area contributed by atoms with E-state index in [0.29, 0.717) is 32.2 Å². The molecule has 2 aliphatic rings. The number of carbonyl (C=O) groups excluding carboxylic acids is 1. The number of aryl methyl sites for hydroxylation is 1. The van der Waals surface area contributed by atoms with E-state index < -0.39 is 5.97 Å². The van der Waals surface area contributed by atoms with Gasteiger partial charge in [-0.05, 0) is 48.8 Å². The van der Waals surface area contributed by atoms with Crippen molar-refractivity contribution in [3.05, 3.63) is 47.0 Å². The summed E-state index contributed by atoms with van der Waals surface area (Å²) in [6, 6.07) is 6.27. The number of aliphatic carboxylic acids is 1. The van der Waals surface area contributed by atoms with Gasteiger partial charge in [0.25, 0.3) is 0 Å². The highest BCUT2D eigenvalue weighted by Gasteiger charge is 2.37. The number of likely N-dealkylation sites (tertiary alicyclic amines) is 1. The highest BCUT2D eigenvalue weighted by molar-refractivity contribution is 5.83. The number of rotatable bonds is 8. The van der Waals surface area contributed by atoms with E-state index in [1.54, 1.807) is 0 Å². The fourth-order valence-electron chi connectivity index (χ4n) is 3.75. The summed E-state index contributed by atoms with van der Waals surface area (Å²) >= 11 is 0. The van der Waals surface area contributed by atoms with Crippen molar-refractivity contribution in [3.63, 3.8) is 0 Å². The van der Waals surface area contributed by atoms with Crippen LogP contribution in [0.2, 0.25) is 0 Å². The quantitative estimate of drug-likeness (QED) is 0.561. The van der Waals surface area contributed by atoms with Gasteiger partial charge in [0, 0.05) is 13.0 Å². The molecule has 5 nitrogen and oxygen atoms in total. The monoisotopic (exact) mass is 343 g/mol. The van der Waals surface area contributed by atoms with Crippen molar-refractivity contribution in [1.29, 1.82) is 0 Å². The topological polar surface area (TPSA) is 77.8 Å². The number of nitrogens with zero attached hydrogens (tertiary/aromatic N) is 1. The number of hydrogen-bond donors (Lipinski definition) is 2. The molecule has 0 saturated carbocycles.